The van der Waals surface area contributed by atoms with Crippen molar-refractivity contribution in [2.45, 2.75) is 39.8 Å². The van der Waals surface area contributed by atoms with E-state index < -0.39 is 0 Å². The third-order valence-corrected chi connectivity index (χ3v) is 3.31. The van der Waals surface area contributed by atoms with Crippen molar-refractivity contribution in [2.75, 3.05) is 0 Å². The Kier molecular flexibility index (Phi) is 4.32. The standard InChI is InChI=1S/C14H19N5O2/c1-9-5-16-13(11(3)14(9)19(20)21)8-18-7-12(6-17-18)4-10(2)15/h5-7,10H,4,8,15H2,1-3H3. The van der Waals surface area contributed by atoms with E-state index in [4.69, 9.17) is 5.73 Å². The summed E-state index contributed by atoms with van der Waals surface area (Å²) in [6.45, 7) is 5.76. The highest BCUT2D eigenvalue weighted by Gasteiger charge is 2.19. The monoisotopic (exact) mass is 289 g/mol. The van der Waals surface area contributed by atoms with Crippen LogP contribution in [0, 0.1) is 24.0 Å². The van der Waals surface area contributed by atoms with Crippen LogP contribution in [0.4, 0.5) is 5.69 Å². The molecule has 0 aromatic carbocycles. The summed E-state index contributed by atoms with van der Waals surface area (Å²) in [5.41, 5.74) is 8.74. The Morgan fingerprint density at radius 1 is 1.43 bits per heavy atom. The number of hydrogen-bond acceptors (Lipinski definition) is 5. The lowest BCUT2D eigenvalue weighted by Crippen LogP contribution is -2.17. The van der Waals surface area contributed by atoms with E-state index in [9.17, 15) is 10.1 Å². The minimum Gasteiger partial charge on any atom is -0.328 e. The fourth-order valence-corrected chi connectivity index (χ4v) is 2.33. The molecule has 0 saturated carbocycles. The number of nitrogens with two attached hydrogens (primary N) is 1. The van der Waals surface area contributed by atoms with Gasteiger partial charge in [-0.3, -0.25) is 19.8 Å². The molecule has 0 saturated heterocycles. The van der Waals surface area contributed by atoms with Crippen LogP contribution in [0.25, 0.3) is 0 Å². The maximum atomic E-state index is 11.1. The molecule has 2 aromatic heterocycles. The van der Waals surface area contributed by atoms with E-state index in [2.05, 4.69) is 10.1 Å². The van der Waals surface area contributed by atoms with Crippen molar-refractivity contribution in [3.63, 3.8) is 0 Å². The summed E-state index contributed by atoms with van der Waals surface area (Å²) in [5, 5.41) is 15.4. The highest BCUT2D eigenvalue weighted by molar-refractivity contribution is 5.47. The predicted octanol–water partition coefficient (Wildman–Crippen LogP) is 1.74. The predicted molar refractivity (Wildman–Crippen MR) is 79.0 cm³/mol. The SMILES string of the molecule is Cc1cnc(Cn2cc(CC(C)N)cn2)c(C)c1[N+](=O)[O-]. The second-order valence-corrected chi connectivity index (χ2v) is 5.35. The van der Waals surface area contributed by atoms with Gasteiger partial charge < -0.3 is 5.73 Å². The average Bonchev–Trinajstić information content (AvgIpc) is 2.79. The van der Waals surface area contributed by atoms with E-state index in [1.165, 1.54) is 6.20 Å². The van der Waals surface area contributed by atoms with Gasteiger partial charge in [-0.25, -0.2) is 0 Å². The third-order valence-electron chi connectivity index (χ3n) is 3.31. The van der Waals surface area contributed by atoms with Crippen molar-refractivity contribution in [1.29, 1.82) is 0 Å². The molecular weight excluding hydrogens is 270 g/mol. The second-order valence-electron chi connectivity index (χ2n) is 5.35. The molecule has 0 spiro atoms. The van der Waals surface area contributed by atoms with Crippen LogP contribution >= 0.6 is 0 Å². The van der Waals surface area contributed by atoms with Crippen LogP contribution in [0.5, 0.6) is 0 Å². The molecule has 21 heavy (non-hydrogen) atoms. The van der Waals surface area contributed by atoms with Gasteiger partial charge in [-0.15, -0.1) is 0 Å². The van der Waals surface area contributed by atoms with Crippen molar-refractivity contribution in [2.24, 2.45) is 5.73 Å². The smallest absolute Gasteiger partial charge is 0.278 e. The van der Waals surface area contributed by atoms with Gasteiger partial charge in [0, 0.05) is 24.0 Å². The average molecular weight is 289 g/mol. The van der Waals surface area contributed by atoms with Crippen molar-refractivity contribution >= 4 is 5.69 Å². The normalized spacial score (nSPS) is 12.4. The number of aryl methyl sites for hydroxylation is 1. The van der Waals surface area contributed by atoms with Crippen molar-refractivity contribution in [3.8, 4) is 0 Å². The molecule has 0 aliphatic heterocycles. The van der Waals surface area contributed by atoms with E-state index >= 15 is 0 Å². The molecule has 0 aliphatic carbocycles. The van der Waals surface area contributed by atoms with Crippen molar-refractivity contribution in [3.05, 3.63) is 51.1 Å². The topological polar surface area (TPSA) is 99.9 Å². The Labute approximate surface area is 122 Å². The van der Waals surface area contributed by atoms with Gasteiger partial charge in [0.2, 0.25) is 0 Å². The van der Waals surface area contributed by atoms with Crippen molar-refractivity contribution < 1.29 is 4.92 Å². The Balaban J connectivity index is 2.26. The van der Waals surface area contributed by atoms with Crippen LogP contribution in [0.2, 0.25) is 0 Å². The fourth-order valence-electron chi connectivity index (χ4n) is 2.33. The van der Waals surface area contributed by atoms with Crippen LogP contribution in [0.3, 0.4) is 0 Å². The zero-order chi connectivity index (χ0) is 15.6. The lowest BCUT2D eigenvalue weighted by molar-refractivity contribution is -0.386. The zero-order valence-electron chi connectivity index (χ0n) is 12.4. The molecule has 0 amide bonds. The molecule has 0 aliphatic rings. The Morgan fingerprint density at radius 3 is 2.76 bits per heavy atom. The largest absolute Gasteiger partial charge is 0.328 e. The Morgan fingerprint density at radius 2 is 2.14 bits per heavy atom. The third kappa shape index (κ3) is 3.43. The first-order valence-electron chi connectivity index (χ1n) is 6.75. The quantitative estimate of drug-likeness (QED) is 0.667. The minimum absolute atomic E-state index is 0.0722. The fraction of sp³-hybridized carbons (Fsp3) is 0.429. The van der Waals surface area contributed by atoms with E-state index in [0.29, 0.717) is 23.4 Å². The van der Waals surface area contributed by atoms with Crippen LogP contribution in [-0.4, -0.2) is 25.7 Å². The summed E-state index contributed by atoms with van der Waals surface area (Å²) in [5.74, 6) is 0. The molecule has 0 radical (unpaired) electrons. The number of hydrogen-bond donors (Lipinski definition) is 1. The summed E-state index contributed by atoms with van der Waals surface area (Å²) in [4.78, 5) is 15.0. The minimum atomic E-state index is -0.361. The zero-order valence-corrected chi connectivity index (χ0v) is 12.4. The van der Waals surface area contributed by atoms with E-state index in [1.54, 1.807) is 24.7 Å². The van der Waals surface area contributed by atoms with Crippen LogP contribution < -0.4 is 5.73 Å². The van der Waals surface area contributed by atoms with Gasteiger partial charge in [0.15, 0.2) is 0 Å². The van der Waals surface area contributed by atoms with Gasteiger partial charge in [-0.2, -0.15) is 5.10 Å². The molecular formula is C14H19N5O2. The molecule has 2 aromatic rings. The molecule has 0 bridgehead atoms. The van der Waals surface area contributed by atoms with Crippen molar-refractivity contribution in [1.82, 2.24) is 14.8 Å². The van der Waals surface area contributed by atoms with E-state index in [1.807, 2.05) is 13.1 Å². The molecule has 2 heterocycles. The summed E-state index contributed by atoms with van der Waals surface area (Å²) in [6, 6.07) is 0.0722. The second kappa shape index (κ2) is 6.01. The van der Waals surface area contributed by atoms with E-state index in [0.717, 1.165) is 12.0 Å². The molecule has 112 valence electrons. The number of pyridine rings is 1. The highest BCUT2D eigenvalue weighted by atomic mass is 16.6. The Hall–Kier alpha value is -2.28. The highest BCUT2D eigenvalue weighted by Crippen LogP contribution is 2.24. The molecule has 1 unspecified atom stereocenters. The maximum absolute atomic E-state index is 11.1. The van der Waals surface area contributed by atoms with Crippen LogP contribution in [-0.2, 0) is 13.0 Å². The first kappa shape index (κ1) is 15.1. The molecule has 7 nitrogen and oxygen atoms in total. The van der Waals surface area contributed by atoms with E-state index in [-0.39, 0.29) is 16.7 Å². The molecule has 1 atom stereocenters. The van der Waals surface area contributed by atoms with Crippen LogP contribution in [0.1, 0.15) is 29.3 Å². The van der Waals surface area contributed by atoms with Crippen LogP contribution in [0.15, 0.2) is 18.6 Å². The molecule has 0 fully saturated rings. The first-order valence-corrected chi connectivity index (χ1v) is 6.75. The summed E-state index contributed by atoms with van der Waals surface area (Å²) >= 11 is 0. The van der Waals surface area contributed by atoms with Gasteiger partial charge >= 0.3 is 0 Å². The van der Waals surface area contributed by atoms with Gasteiger partial charge in [0.05, 0.1) is 28.9 Å². The number of nitro groups is 1. The molecule has 7 heteroatoms. The summed E-state index contributed by atoms with van der Waals surface area (Å²) < 4.78 is 1.73. The summed E-state index contributed by atoms with van der Waals surface area (Å²) in [7, 11) is 0. The maximum Gasteiger partial charge on any atom is 0.278 e. The van der Waals surface area contributed by atoms with Gasteiger partial charge in [0.25, 0.3) is 5.69 Å². The van der Waals surface area contributed by atoms with Gasteiger partial charge in [0.1, 0.15) is 0 Å². The lowest BCUT2D eigenvalue weighted by atomic mass is 10.1. The number of rotatable bonds is 5. The lowest BCUT2D eigenvalue weighted by Gasteiger charge is -2.07. The molecule has 2 rings (SSSR count). The number of aromatic nitrogens is 3. The van der Waals surface area contributed by atoms with Gasteiger partial charge in [-0.05, 0) is 32.8 Å². The first-order chi connectivity index (χ1) is 9.88. The summed E-state index contributed by atoms with van der Waals surface area (Å²) in [6.07, 6.45) is 5.95. The molecule has 2 N–H and O–H groups in total. The number of nitrogens with zero attached hydrogens (tertiary/aromatic N) is 4. The Bertz CT molecular complexity index is 663. The van der Waals surface area contributed by atoms with Gasteiger partial charge in [-0.1, -0.05) is 0 Å².